The van der Waals surface area contributed by atoms with Crippen molar-refractivity contribution in [1.82, 2.24) is 0 Å². The minimum Gasteiger partial charge on any atom is -0.370 e. The number of ketones is 1. The van der Waals surface area contributed by atoms with Crippen molar-refractivity contribution >= 4 is 43.1 Å². The van der Waals surface area contributed by atoms with E-state index in [0.717, 1.165) is 39.4 Å². The molecule has 0 spiro atoms. The molecule has 1 aliphatic rings. The van der Waals surface area contributed by atoms with Gasteiger partial charge in [-0.05, 0) is 41.3 Å². The Labute approximate surface area is 118 Å². The third-order valence-corrected chi connectivity index (χ3v) is 5.24. The van der Waals surface area contributed by atoms with Gasteiger partial charge in [0.05, 0.1) is 0 Å². The van der Waals surface area contributed by atoms with Crippen LogP contribution in [-0.4, -0.2) is 18.5 Å². The van der Waals surface area contributed by atoms with Crippen molar-refractivity contribution < 1.29 is 9.53 Å². The van der Waals surface area contributed by atoms with Gasteiger partial charge in [0.15, 0.2) is 5.78 Å². The maximum Gasteiger partial charge on any atom is 0.193 e. The molecule has 1 aromatic heterocycles. The molecule has 1 atom stereocenters. The van der Waals surface area contributed by atoms with E-state index in [2.05, 4.69) is 15.9 Å². The molecule has 0 radical (unpaired) electrons. The number of rotatable bonds is 2. The predicted octanol–water partition coefficient (Wildman–Crippen LogP) is 4.42. The SMILES string of the molecule is O=C(c1csc2c(Br)cccc12)C1CCCCO1. The van der Waals surface area contributed by atoms with Crippen LogP contribution in [0.4, 0.5) is 0 Å². The molecule has 0 saturated carbocycles. The molecule has 0 amide bonds. The molecule has 3 rings (SSSR count). The van der Waals surface area contributed by atoms with Crippen LogP contribution in [0.2, 0.25) is 0 Å². The topological polar surface area (TPSA) is 26.3 Å². The van der Waals surface area contributed by atoms with Crippen LogP contribution in [-0.2, 0) is 4.74 Å². The van der Waals surface area contributed by atoms with Crippen LogP contribution < -0.4 is 0 Å². The van der Waals surface area contributed by atoms with Crippen LogP contribution in [0.3, 0.4) is 0 Å². The molecule has 1 aromatic carbocycles. The summed E-state index contributed by atoms with van der Waals surface area (Å²) in [6, 6.07) is 5.98. The average molecular weight is 325 g/mol. The van der Waals surface area contributed by atoms with Gasteiger partial charge in [-0.2, -0.15) is 0 Å². The Hall–Kier alpha value is -0.710. The van der Waals surface area contributed by atoms with E-state index in [-0.39, 0.29) is 11.9 Å². The first-order chi connectivity index (χ1) is 8.77. The monoisotopic (exact) mass is 324 g/mol. The van der Waals surface area contributed by atoms with Gasteiger partial charge in [0.1, 0.15) is 6.10 Å². The van der Waals surface area contributed by atoms with Crippen molar-refractivity contribution in [2.75, 3.05) is 6.61 Å². The molecule has 1 fully saturated rings. The minimum atomic E-state index is -0.240. The smallest absolute Gasteiger partial charge is 0.193 e. The van der Waals surface area contributed by atoms with E-state index in [9.17, 15) is 4.79 Å². The molecule has 1 aliphatic heterocycles. The highest BCUT2D eigenvalue weighted by Gasteiger charge is 2.25. The zero-order chi connectivity index (χ0) is 12.5. The fraction of sp³-hybridized carbons (Fsp3) is 0.357. The highest BCUT2D eigenvalue weighted by Crippen LogP contribution is 2.33. The van der Waals surface area contributed by atoms with Crippen LogP contribution in [0, 0.1) is 0 Å². The highest BCUT2D eigenvalue weighted by molar-refractivity contribution is 9.10. The Morgan fingerprint density at radius 2 is 2.28 bits per heavy atom. The first-order valence-electron chi connectivity index (χ1n) is 6.09. The van der Waals surface area contributed by atoms with Crippen LogP contribution in [0.15, 0.2) is 28.1 Å². The second-order valence-corrected chi connectivity index (χ2v) is 6.22. The number of carbonyl (C=O) groups is 1. The molecule has 94 valence electrons. The van der Waals surface area contributed by atoms with Crippen LogP contribution in [0.5, 0.6) is 0 Å². The third-order valence-electron chi connectivity index (χ3n) is 3.29. The standard InChI is InChI=1S/C14H13BrO2S/c15-11-5-3-4-9-10(8-18-14(9)11)13(16)12-6-1-2-7-17-12/h3-5,8,12H,1-2,6-7H2. The molecule has 2 nitrogen and oxygen atoms in total. The number of thiophene rings is 1. The quantitative estimate of drug-likeness (QED) is 0.764. The Bertz CT molecular complexity index is 584. The van der Waals surface area contributed by atoms with Gasteiger partial charge in [-0.25, -0.2) is 0 Å². The lowest BCUT2D eigenvalue weighted by atomic mass is 9.99. The second-order valence-electron chi connectivity index (χ2n) is 4.49. The van der Waals surface area contributed by atoms with E-state index in [1.807, 2.05) is 23.6 Å². The van der Waals surface area contributed by atoms with Crippen molar-refractivity contribution in [2.24, 2.45) is 0 Å². The van der Waals surface area contributed by atoms with Gasteiger partial charge in [0, 0.05) is 32.1 Å². The Morgan fingerprint density at radius 3 is 3.06 bits per heavy atom. The van der Waals surface area contributed by atoms with E-state index >= 15 is 0 Å². The fourth-order valence-electron chi connectivity index (χ4n) is 2.33. The summed E-state index contributed by atoms with van der Waals surface area (Å²) in [5.74, 6) is 0.138. The summed E-state index contributed by atoms with van der Waals surface area (Å²) < 4.78 is 7.77. The van der Waals surface area contributed by atoms with Crippen molar-refractivity contribution in [3.05, 3.63) is 33.6 Å². The maximum absolute atomic E-state index is 12.5. The summed E-state index contributed by atoms with van der Waals surface area (Å²) in [5, 5.41) is 2.99. The van der Waals surface area contributed by atoms with Gasteiger partial charge in [-0.3, -0.25) is 4.79 Å². The zero-order valence-electron chi connectivity index (χ0n) is 9.82. The first-order valence-corrected chi connectivity index (χ1v) is 7.76. The van der Waals surface area contributed by atoms with Crippen molar-refractivity contribution in [3.63, 3.8) is 0 Å². The second kappa shape index (κ2) is 5.11. The molecule has 2 aromatic rings. The van der Waals surface area contributed by atoms with E-state index in [0.29, 0.717) is 6.61 Å². The Morgan fingerprint density at radius 1 is 1.39 bits per heavy atom. The van der Waals surface area contributed by atoms with Crippen molar-refractivity contribution in [2.45, 2.75) is 25.4 Å². The molecule has 0 aliphatic carbocycles. The fourth-order valence-corrected chi connectivity index (χ4v) is 3.94. The third kappa shape index (κ3) is 2.13. The summed E-state index contributed by atoms with van der Waals surface area (Å²) >= 11 is 5.13. The number of hydrogen-bond acceptors (Lipinski definition) is 3. The Kier molecular flexibility index (Phi) is 3.50. The first kappa shape index (κ1) is 12.3. The normalized spacial score (nSPS) is 20.2. The van der Waals surface area contributed by atoms with Crippen molar-refractivity contribution in [3.8, 4) is 0 Å². The summed E-state index contributed by atoms with van der Waals surface area (Å²) in [6.07, 6.45) is 2.77. The number of halogens is 1. The zero-order valence-corrected chi connectivity index (χ0v) is 12.2. The number of ether oxygens (including phenoxy) is 1. The van der Waals surface area contributed by atoms with Gasteiger partial charge in [0.2, 0.25) is 0 Å². The molecule has 1 saturated heterocycles. The van der Waals surface area contributed by atoms with E-state index < -0.39 is 0 Å². The number of Topliss-reactive ketones (excluding diaryl/α,β-unsaturated/α-hetero) is 1. The van der Waals surface area contributed by atoms with Gasteiger partial charge in [-0.15, -0.1) is 11.3 Å². The van der Waals surface area contributed by atoms with Crippen LogP contribution >= 0.6 is 27.3 Å². The lowest BCUT2D eigenvalue weighted by Crippen LogP contribution is -2.28. The van der Waals surface area contributed by atoms with Crippen molar-refractivity contribution in [1.29, 1.82) is 0 Å². The average Bonchev–Trinajstić information content (AvgIpc) is 2.84. The van der Waals surface area contributed by atoms with Crippen LogP contribution in [0.25, 0.3) is 10.1 Å². The predicted molar refractivity (Wildman–Crippen MR) is 77.4 cm³/mol. The Balaban J connectivity index is 1.98. The molecular weight excluding hydrogens is 312 g/mol. The maximum atomic E-state index is 12.5. The van der Waals surface area contributed by atoms with E-state index in [4.69, 9.17) is 4.74 Å². The summed E-state index contributed by atoms with van der Waals surface area (Å²) in [5.41, 5.74) is 0.809. The molecule has 1 unspecified atom stereocenters. The van der Waals surface area contributed by atoms with E-state index in [1.54, 1.807) is 11.3 Å². The van der Waals surface area contributed by atoms with E-state index in [1.165, 1.54) is 0 Å². The molecular formula is C14H13BrO2S. The highest BCUT2D eigenvalue weighted by atomic mass is 79.9. The lowest BCUT2D eigenvalue weighted by molar-refractivity contribution is 0.0188. The summed E-state index contributed by atoms with van der Waals surface area (Å²) in [7, 11) is 0. The largest absolute Gasteiger partial charge is 0.370 e. The molecule has 0 bridgehead atoms. The number of carbonyl (C=O) groups excluding carboxylic acids is 1. The molecule has 2 heterocycles. The van der Waals surface area contributed by atoms with Gasteiger partial charge in [-0.1, -0.05) is 12.1 Å². The summed E-state index contributed by atoms with van der Waals surface area (Å²) in [4.78, 5) is 12.5. The molecule has 0 N–H and O–H groups in total. The summed E-state index contributed by atoms with van der Waals surface area (Å²) in [6.45, 7) is 0.710. The van der Waals surface area contributed by atoms with Gasteiger partial charge < -0.3 is 4.74 Å². The number of hydrogen-bond donors (Lipinski definition) is 0. The lowest BCUT2D eigenvalue weighted by Gasteiger charge is -2.21. The van der Waals surface area contributed by atoms with Crippen LogP contribution in [0.1, 0.15) is 29.6 Å². The molecule has 18 heavy (non-hydrogen) atoms. The minimum absolute atomic E-state index is 0.138. The van der Waals surface area contributed by atoms with Gasteiger partial charge >= 0.3 is 0 Å². The number of fused-ring (bicyclic) bond motifs is 1. The van der Waals surface area contributed by atoms with Gasteiger partial charge in [0.25, 0.3) is 0 Å². The number of benzene rings is 1. The molecule has 4 heteroatoms.